The molecular weight excluding hydrogens is 434 g/mol. The van der Waals surface area contributed by atoms with Crippen LogP contribution in [0.1, 0.15) is 45.2 Å². The lowest BCUT2D eigenvalue weighted by Crippen LogP contribution is -2.46. The average Bonchev–Trinajstić information content (AvgIpc) is 3.27. The summed E-state index contributed by atoms with van der Waals surface area (Å²) in [6.45, 7) is 8.30. The lowest BCUT2D eigenvalue weighted by Gasteiger charge is -2.36. The highest BCUT2D eigenvalue weighted by molar-refractivity contribution is 8.00. The summed E-state index contributed by atoms with van der Waals surface area (Å²) >= 11 is 1.48. The molecule has 33 heavy (non-hydrogen) atoms. The minimum atomic E-state index is -0.346. The Bertz CT molecular complexity index is 1050. The highest BCUT2D eigenvalue weighted by atomic mass is 32.2. The van der Waals surface area contributed by atoms with Crippen LogP contribution >= 0.6 is 11.8 Å². The van der Waals surface area contributed by atoms with Crippen molar-refractivity contribution in [1.29, 1.82) is 0 Å². The highest BCUT2D eigenvalue weighted by Crippen LogP contribution is 2.39. The molecule has 2 heterocycles. The quantitative estimate of drug-likeness (QED) is 0.492. The largest absolute Gasteiger partial charge is 0.494 e. The molecule has 3 aromatic rings. The van der Waals surface area contributed by atoms with Crippen LogP contribution in [0.15, 0.2) is 59.8 Å². The maximum absolute atomic E-state index is 13.7. The number of aromatic nitrogens is 3. The first-order valence-electron chi connectivity index (χ1n) is 11.6. The fourth-order valence-electron chi connectivity index (χ4n) is 4.06. The van der Waals surface area contributed by atoms with Gasteiger partial charge in [0.2, 0.25) is 11.1 Å². The molecule has 174 valence electrons. The van der Waals surface area contributed by atoms with Gasteiger partial charge in [-0.3, -0.25) is 4.79 Å². The Morgan fingerprint density at radius 2 is 1.73 bits per heavy atom. The van der Waals surface area contributed by atoms with Crippen LogP contribution in [0.2, 0.25) is 0 Å². The molecule has 1 aliphatic rings. The van der Waals surface area contributed by atoms with Crippen molar-refractivity contribution in [3.8, 4) is 17.1 Å². The fourth-order valence-corrected chi connectivity index (χ4v) is 5.22. The number of rotatable bonds is 9. The summed E-state index contributed by atoms with van der Waals surface area (Å²) in [5.74, 6) is 1.69. The van der Waals surface area contributed by atoms with Gasteiger partial charge < -0.3 is 15.1 Å². The predicted molar refractivity (Wildman–Crippen MR) is 132 cm³/mol. The van der Waals surface area contributed by atoms with E-state index >= 15 is 0 Å². The van der Waals surface area contributed by atoms with E-state index in [0.717, 1.165) is 48.6 Å². The van der Waals surface area contributed by atoms with E-state index in [4.69, 9.17) is 4.74 Å². The molecule has 1 aliphatic heterocycles. The third kappa shape index (κ3) is 5.00. The summed E-state index contributed by atoms with van der Waals surface area (Å²) in [6, 6.07) is 17.7. The van der Waals surface area contributed by atoms with Crippen molar-refractivity contribution < 1.29 is 9.53 Å². The van der Waals surface area contributed by atoms with Crippen molar-refractivity contribution in [3.63, 3.8) is 0 Å². The maximum atomic E-state index is 13.7. The van der Waals surface area contributed by atoms with E-state index in [1.165, 1.54) is 11.8 Å². The van der Waals surface area contributed by atoms with Crippen molar-refractivity contribution in [3.05, 3.63) is 60.2 Å². The minimum Gasteiger partial charge on any atom is -0.494 e. The monoisotopic (exact) mass is 465 g/mol. The van der Waals surface area contributed by atoms with Crippen molar-refractivity contribution in [1.82, 2.24) is 19.8 Å². The van der Waals surface area contributed by atoms with E-state index in [0.29, 0.717) is 11.8 Å². The van der Waals surface area contributed by atoms with E-state index in [1.54, 1.807) is 0 Å². The fraction of sp³-hybridized carbons (Fsp3) is 0.400. The Hall–Kier alpha value is -3.00. The van der Waals surface area contributed by atoms with Crippen LogP contribution in [0.3, 0.4) is 0 Å². The maximum Gasteiger partial charge on any atom is 0.238 e. The summed E-state index contributed by atoms with van der Waals surface area (Å²) in [5, 5.41) is 9.19. The normalized spacial score (nSPS) is 17.2. The van der Waals surface area contributed by atoms with Crippen LogP contribution in [0.5, 0.6) is 5.75 Å². The number of benzene rings is 2. The second-order valence-electron chi connectivity index (χ2n) is 7.98. The third-order valence-electron chi connectivity index (χ3n) is 5.56. The molecule has 0 saturated carbocycles. The van der Waals surface area contributed by atoms with Crippen molar-refractivity contribution >= 4 is 17.7 Å². The number of amides is 1. The van der Waals surface area contributed by atoms with E-state index in [1.807, 2.05) is 71.1 Å². The van der Waals surface area contributed by atoms with Gasteiger partial charge in [-0.1, -0.05) is 68.1 Å². The summed E-state index contributed by atoms with van der Waals surface area (Å²) in [7, 11) is 0. The van der Waals surface area contributed by atoms with Crippen molar-refractivity contribution in [2.75, 3.05) is 25.1 Å². The van der Waals surface area contributed by atoms with Gasteiger partial charge in [0.05, 0.1) is 12.6 Å². The zero-order valence-electron chi connectivity index (χ0n) is 19.4. The van der Waals surface area contributed by atoms with E-state index in [2.05, 4.69) is 29.5 Å². The lowest BCUT2D eigenvalue weighted by atomic mass is 10.0. The average molecular weight is 466 g/mol. The molecule has 0 aliphatic carbocycles. The number of nitrogens with one attached hydrogen (secondary N) is 1. The third-order valence-corrected chi connectivity index (χ3v) is 6.76. The molecule has 8 heteroatoms. The van der Waals surface area contributed by atoms with E-state index < -0.39 is 0 Å². The molecule has 4 rings (SSSR count). The summed E-state index contributed by atoms with van der Waals surface area (Å²) in [6.07, 6.45) is 1.86. The minimum absolute atomic E-state index is 0.130. The Kier molecular flexibility index (Phi) is 7.54. The molecule has 2 aromatic carbocycles. The summed E-state index contributed by atoms with van der Waals surface area (Å²) < 4.78 is 7.53. The van der Waals surface area contributed by atoms with Crippen LogP contribution < -0.4 is 10.2 Å². The van der Waals surface area contributed by atoms with Gasteiger partial charge in [0, 0.05) is 18.7 Å². The molecule has 7 nitrogen and oxygen atoms in total. The molecule has 0 radical (unpaired) electrons. The number of hydrogen-bond donors (Lipinski definition) is 1. The SMILES string of the molecule is CCCN(CCC)C(=O)C1Sc2nnc(-c3ccccc3)n2NC1c1ccc(OCC)cc1. The molecule has 2 atom stereocenters. The number of nitrogens with zero attached hydrogens (tertiary/aromatic N) is 4. The van der Waals surface area contributed by atoms with Crippen LogP contribution in [-0.4, -0.2) is 50.6 Å². The Morgan fingerprint density at radius 1 is 1.03 bits per heavy atom. The van der Waals surface area contributed by atoms with Gasteiger partial charge in [0.1, 0.15) is 11.0 Å². The molecule has 0 bridgehead atoms. The van der Waals surface area contributed by atoms with Crippen LogP contribution in [0.25, 0.3) is 11.4 Å². The van der Waals surface area contributed by atoms with Gasteiger partial charge >= 0.3 is 0 Å². The standard InChI is InChI=1S/C25H31N5O2S/c1-4-16-29(17-5-2)24(31)22-21(18-12-14-20(15-13-18)32-6-3)28-30-23(26-27-25(30)33-22)19-10-8-7-9-11-19/h7-15,21-22,28H,4-6,16-17H2,1-3H3. The molecule has 1 N–H and O–H groups in total. The Balaban J connectivity index is 1.71. The summed E-state index contributed by atoms with van der Waals surface area (Å²) in [5.41, 5.74) is 5.56. The number of fused-ring (bicyclic) bond motifs is 1. The smallest absolute Gasteiger partial charge is 0.238 e. The topological polar surface area (TPSA) is 72.3 Å². The van der Waals surface area contributed by atoms with Gasteiger partial charge in [0.25, 0.3) is 0 Å². The van der Waals surface area contributed by atoms with Crippen LogP contribution in [-0.2, 0) is 4.79 Å². The molecule has 0 fully saturated rings. The van der Waals surface area contributed by atoms with E-state index in [-0.39, 0.29) is 17.2 Å². The molecular formula is C25H31N5O2S. The first-order chi connectivity index (χ1) is 16.2. The van der Waals surface area contributed by atoms with Gasteiger partial charge in [-0.05, 0) is 37.5 Å². The molecule has 0 saturated heterocycles. The zero-order chi connectivity index (χ0) is 23.2. The molecule has 2 unspecified atom stereocenters. The zero-order valence-corrected chi connectivity index (χ0v) is 20.2. The number of carbonyl (C=O) groups is 1. The number of ether oxygens (including phenoxy) is 1. The van der Waals surface area contributed by atoms with Gasteiger partial charge in [-0.2, -0.15) is 0 Å². The van der Waals surface area contributed by atoms with Gasteiger partial charge in [-0.25, -0.2) is 4.68 Å². The molecule has 0 spiro atoms. The Labute approximate surface area is 199 Å². The van der Waals surface area contributed by atoms with E-state index in [9.17, 15) is 4.79 Å². The van der Waals surface area contributed by atoms with Gasteiger partial charge in [-0.15, -0.1) is 10.2 Å². The van der Waals surface area contributed by atoms with Crippen LogP contribution in [0, 0.1) is 0 Å². The lowest BCUT2D eigenvalue weighted by molar-refractivity contribution is -0.131. The molecule has 1 amide bonds. The Morgan fingerprint density at radius 3 is 2.36 bits per heavy atom. The second-order valence-corrected chi connectivity index (χ2v) is 9.09. The number of thioether (sulfide) groups is 1. The summed E-state index contributed by atoms with van der Waals surface area (Å²) in [4.78, 5) is 15.7. The second kappa shape index (κ2) is 10.7. The molecule has 1 aromatic heterocycles. The van der Waals surface area contributed by atoms with Crippen molar-refractivity contribution in [2.45, 2.75) is 50.1 Å². The number of hydrogen-bond acceptors (Lipinski definition) is 6. The van der Waals surface area contributed by atoms with Crippen molar-refractivity contribution in [2.24, 2.45) is 0 Å². The van der Waals surface area contributed by atoms with Crippen LogP contribution in [0.4, 0.5) is 0 Å². The highest BCUT2D eigenvalue weighted by Gasteiger charge is 2.39. The van der Waals surface area contributed by atoms with Gasteiger partial charge in [0.15, 0.2) is 5.82 Å². The first kappa shape index (κ1) is 23.2. The first-order valence-corrected chi connectivity index (χ1v) is 12.5. The predicted octanol–water partition coefficient (Wildman–Crippen LogP) is 4.75. The number of carbonyl (C=O) groups excluding carboxylic acids is 1.